The molecule has 6 heteroatoms. The van der Waals surface area contributed by atoms with Gasteiger partial charge in [-0.25, -0.2) is 9.97 Å². The van der Waals surface area contributed by atoms with Gasteiger partial charge in [-0.3, -0.25) is 4.79 Å². The van der Waals surface area contributed by atoms with E-state index >= 15 is 0 Å². The lowest BCUT2D eigenvalue weighted by Crippen LogP contribution is -2.12. The summed E-state index contributed by atoms with van der Waals surface area (Å²) in [7, 11) is 0. The number of carbonyl (C=O) groups excluding carboxylic acids is 1. The van der Waals surface area contributed by atoms with Gasteiger partial charge in [-0.2, -0.15) is 0 Å². The van der Waals surface area contributed by atoms with Crippen molar-refractivity contribution in [3.8, 4) is 33.8 Å². The number of amides is 1. The molecule has 0 aliphatic carbocycles. The van der Waals surface area contributed by atoms with Crippen LogP contribution in [0.2, 0.25) is 0 Å². The van der Waals surface area contributed by atoms with Crippen LogP contribution in [-0.4, -0.2) is 20.9 Å². The van der Waals surface area contributed by atoms with Crippen LogP contribution in [0.15, 0.2) is 66.9 Å². The average molecular weight is 383 g/mol. The van der Waals surface area contributed by atoms with E-state index in [-0.39, 0.29) is 5.95 Å². The molecule has 0 bridgehead atoms. The number of hydrogen-bond donors (Lipinski definition) is 3. The number of nitrogen functional groups attached to an aromatic ring is 1. The molecule has 0 saturated carbocycles. The smallest absolute Gasteiger partial charge is 0.249 e. The maximum Gasteiger partial charge on any atom is 0.249 e. The quantitative estimate of drug-likeness (QED) is 0.483. The molecule has 0 unspecified atom stereocenters. The fourth-order valence-corrected chi connectivity index (χ4v) is 3.55. The van der Waals surface area contributed by atoms with Crippen LogP contribution < -0.4 is 11.5 Å². The number of nitrogens with one attached hydrogen (secondary N) is 1. The lowest BCUT2D eigenvalue weighted by atomic mass is 9.94. The fraction of sp³-hybridized carbons (Fsp3) is 0.0870. The second-order valence-corrected chi connectivity index (χ2v) is 6.69. The predicted octanol–water partition coefficient (Wildman–Crippen LogP) is 4.05. The van der Waals surface area contributed by atoms with E-state index in [0.717, 1.165) is 34.5 Å². The number of hydrogen-bond acceptors (Lipinski definition) is 4. The van der Waals surface area contributed by atoms with E-state index < -0.39 is 5.91 Å². The summed E-state index contributed by atoms with van der Waals surface area (Å²) in [6.45, 7) is 2.12. The first-order valence-corrected chi connectivity index (χ1v) is 9.38. The maximum atomic E-state index is 12.1. The molecular weight excluding hydrogens is 362 g/mol. The molecule has 1 amide bonds. The van der Waals surface area contributed by atoms with Crippen LogP contribution in [0.3, 0.4) is 0 Å². The highest BCUT2D eigenvalue weighted by molar-refractivity contribution is 6.02. The van der Waals surface area contributed by atoms with Gasteiger partial charge in [0.2, 0.25) is 11.9 Å². The molecule has 0 saturated heterocycles. The van der Waals surface area contributed by atoms with Gasteiger partial charge in [0.1, 0.15) is 0 Å². The third kappa shape index (κ3) is 3.48. The van der Waals surface area contributed by atoms with Crippen molar-refractivity contribution >= 4 is 11.9 Å². The Labute approximate surface area is 168 Å². The van der Waals surface area contributed by atoms with Crippen molar-refractivity contribution in [2.24, 2.45) is 5.73 Å². The third-order valence-electron chi connectivity index (χ3n) is 4.92. The largest absolute Gasteiger partial charge is 0.368 e. The normalized spacial score (nSPS) is 10.8. The number of benzene rings is 2. The summed E-state index contributed by atoms with van der Waals surface area (Å²) in [5, 5.41) is 0. The molecule has 2 heterocycles. The molecule has 0 fully saturated rings. The Morgan fingerprint density at radius 2 is 1.72 bits per heavy atom. The second-order valence-electron chi connectivity index (χ2n) is 6.69. The first kappa shape index (κ1) is 18.4. The molecule has 29 heavy (non-hydrogen) atoms. The van der Waals surface area contributed by atoms with Gasteiger partial charge in [0.15, 0.2) is 0 Å². The Morgan fingerprint density at radius 3 is 2.45 bits per heavy atom. The molecule has 5 N–H and O–H groups in total. The van der Waals surface area contributed by atoms with Gasteiger partial charge in [0.25, 0.3) is 0 Å². The van der Waals surface area contributed by atoms with Gasteiger partial charge in [0, 0.05) is 22.9 Å². The van der Waals surface area contributed by atoms with Gasteiger partial charge in [-0.05, 0) is 35.7 Å². The molecule has 6 nitrogen and oxygen atoms in total. The third-order valence-corrected chi connectivity index (χ3v) is 4.92. The first-order valence-electron chi connectivity index (χ1n) is 9.38. The molecule has 4 rings (SSSR count). The van der Waals surface area contributed by atoms with Crippen molar-refractivity contribution < 1.29 is 4.79 Å². The molecule has 0 aliphatic heterocycles. The van der Waals surface area contributed by atoms with E-state index in [1.165, 1.54) is 5.56 Å². The van der Waals surface area contributed by atoms with Gasteiger partial charge < -0.3 is 16.5 Å². The number of nitrogens with zero attached hydrogens (tertiary/aromatic N) is 2. The van der Waals surface area contributed by atoms with Crippen LogP contribution in [0.4, 0.5) is 5.95 Å². The van der Waals surface area contributed by atoms with E-state index in [1.54, 1.807) is 18.3 Å². The summed E-state index contributed by atoms with van der Waals surface area (Å²) in [6, 6.07) is 19.3. The highest BCUT2D eigenvalue weighted by Gasteiger charge is 2.19. The Hall–Kier alpha value is -3.93. The summed E-state index contributed by atoms with van der Waals surface area (Å²) in [6.07, 6.45) is 2.50. The highest BCUT2D eigenvalue weighted by Crippen LogP contribution is 2.38. The molecule has 0 spiro atoms. The van der Waals surface area contributed by atoms with Gasteiger partial charge in [-0.15, -0.1) is 0 Å². The lowest BCUT2D eigenvalue weighted by Gasteiger charge is -2.11. The summed E-state index contributed by atoms with van der Waals surface area (Å²) in [5.74, 6) is -0.268. The number of carbonyl (C=O) groups is 1. The Morgan fingerprint density at radius 1 is 1.00 bits per heavy atom. The number of anilines is 1. The summed E-state index contributed by atoms with van der Waals surface area (Å²) < 4.78 is 0. The fourth-order valence-electron chi connectivity index (χ4n) is 3.55. The van der Waals surface area contributed by atoms with Gasteiger partial charge >= 0.3 is 0 Å². The van der Waals surface area contributed by atoms with E-state index in [9.17, 15) is 4.79 Å². The molecule has 4 aromatic rings. The minimum absolute atomic E-state index is 0.201. The number of rotatable bonds is 5. The Kier molecular flexibility index (Phi) is 4.83. The molecule has 2 aromatic heterocycles. The standard InChI is InChI=1S/C23H21N5O/c1-2-14-7-3-4-8-15(14)21-18(16-9-5-6-10-17(16)22(24)29)13-20(27-21)19-11-12-26-23(25)28-19/h3-13,27H,2H2,1H3,(H2,24,29)(H2,25,26,28). The molecule has 0 aliphatic rings. The van der Waals surface area contributed by atoms with Crippen molar-refractivity contribution in [3.63, 3.8) is 0 Å². The van der Waals surface area contributed by atoms with Crippen molar-refractivity contribution in [2.75, 3.05) is 5.73 Å². The summed E-state index contributed by atoms with van der Waals surface area (Å²) >= 11 is 0. The van der Waals surface area contributed by atoms with Crippen LogP contribution in [0.1, 0.15) is 22.8 Å². The molecule has 144 valence electrons. The van der Waals surface area contributed by atoms with Crippen LogP contribution in [0, 0.1) is 0 Å². The van der Waals surface area contributed by atoms with E-state index in [0.29, 0.717) is 11.3 Å². The van der Waals surface area contributed by atoms with Crippen molar-refractivity contribution in [2.45, 2.75) is 13.3 Å². The zero-order valence-electron chi connectivity index (χ0n) is 16.0. The summed E-state index contributed by atoms with van der Waals surface area (Å²) in [4.78, 5) is 23.8. The van der Waals surface area contributed by atoms with Gasteiger partial charge in [0.05, 0.1) is 17.1 Å². The number of aromatic nitrogens is 3. The number of aromatic amines is 1. The van der Waals surface area contributed by atoms with Crippen molar-refractivity contribution in [1.82, 2.24) is 15.0 Å². The number of primary amides is 1. The van der Waals surface area contributed by atoms with Crippen LogP contribution in [0.25, 0.3) is 33.8 Å². The Bertz CT molecular complexity index is 1200. The number of aryl methyl sites for hydroxylation is 1. The lowest BCUT2D eigenvalue weighted by molar-refractivity contribution is 0.100. The predicted molar refractivity (Wildman–Crippen MR) is 115 cm³/mol. The second kappa shape index (κ2) is 7.59. The topological polar surface area (TPSA) is 111 Å². The monoisotopic (exact) mass is 383 g/mol. The van der Waals surface area contributed by atoms with Crippen LogP contribution in [-0.2, 0) is 6.42 Å². The average Bonchev–Trinajstić information content (AvgIpc) is 3.19. The summed E-state index contributed by atoms with van der Waals surface area (Å²) in [5.41, 5.74) is 18.2. The number of H-pyrrole nitrogens is 1. The van der Waals surface area contributed by atoms with Crippen LogP contribution in [0.5, 0.6) is 0 Å². The zero-order chi connectivity index (χ0) is 20.4. The minimum atomic E-state index is -0.468. The van der Waals surface area contributed by atoms with E-state index in [4.69, 9.17) is 11.5 Å². The zero-order valence-corrected chi connectivity index (χ0v) is 16.0. The first-order chi connectivity index (χ1) is 14.1. The molecule has 0 atom stereocenters. The van der Waals surface area contributed by atoms with Gasteiger partial charge in [-0.1, -0.05) is 49.4 Å². The maximum absolute atomic E-state index is 12.1. The number of nitrogens with two attached hydrogens (primary N) is 2. The molecule has 2 aromatic carbocycles. The molecule has 0 radical (unpaired) electrons. The minimum Gasteiger partial charge on any atom is -0.368 e. The van der Waals surface area contributed by atoms with E-state index in [1.807, 2.05) is 36.4 Å². The SMILES string of the molecule is CCc1ccccc1-c1[nH]c(-c2ccnc(N)n2)cc1-c1ccccc1C(N)=O. The molecular formula is C23H21N5O. The van der Waals surface area contributed by atoms with Crippen molar-refractivity contribution in [1.29, 1.82) is 0 Å². The highest BCUT2D eigenvalue weighted by atomic mass is 16.1. The van der Waals surface area contributed by atoms with Crippen molar-refractivity contribution in [3.05, 3.63) is 78.0 Å². The Balaban J connectivity index is 2.00. The van der Waals surface area contributed by atoms with E-state index in [2.05, 4.69) is 34.0 Å². The van der Waals surface area contributed by atoms with Crippen LogP contribution >= 0.6 is 0 Å².